The van der Waals surface area contributed by atoms with Crippen LogP contribution in [0, 0.1) is 12.8 Å². The second kappa shape index (κ2) is 10.8. The van der Waals surface area contributed by atoms with E-state index in [9.17, 15) is 9.59 Å². The molecule has 2 saturated heterocycles. The summed E-state index contributed by atoms with van der Waals surface area (Å²) < 4.78 is 5.66. The van der Waals surface area contributed by atoms with E-state index in [0.29, 0.717) is 18.4 Å². The van der Waals surface area contributed by atoms with Crippen molar-refractivity contribution < 1.29 is 14.3 Å². The molecular formula is C24H37N3O3. The molecule has 30 heavy (non-hydrogen) atoms. The smallest absolute Gasteiger partial charge is 0.260 e. The summed E-state index contributed by atoms with van der Waals surface area (Å²) in [5, 5.41) is 0. The van der Waals surface area contributed by atoms with Gasteiger partial charge in [0.05, 0.1) is 0 Å². The lowest BCUT2D eigenvalue weighted by molar-refractivity contribution is -0.135. The van der Waals surface area contributed by atoms with Gasteiger partial charge in [0.2, 0.25) is 5.91 Å². The second-order valence-electron chi connectivity index (χ2n) is 9.03. The van der Waals surface area contributed by atoms with Crippen LogP contribution in [0.4, 0.5) is 0 Å². The molecule has 1 aromatic carbocycles. The van der Waals surface area contributed by atoms with E-state index in [4.69, 9.17) is 4.74 Å². The number of likely N-dealkylation sites (tertiary alicyclic amines) is 2. The van der Waals surface area contributed by atoms with E-state index < -0.39 is 0 Å². The van der Waals surface area contributed by atoms with Gasteiger partial charge in [-0.1, -0.05) is 17.7 Å². The number of carbonyl (C=O) groups excluding carboxylic acids is 2. The molecule has 0 N–H and O–H groups in total. The predicted octanol–water partition coefficient (Wildman–Crippen LogP) is 2.95. The Balaban J connectivity index is 1.40. The van der Waals surface area contributed by atoms with Crippen molar-refractivity contribution in [1.29, 1.82) is 0 Å². The molecule has 2 fully saturated rings. The first-order valence-corrected chi connectivity index (χ1v) is 11.3. The molecule has 0 spiro atoms. The molecule has 0 bridgehead atoms. The summed E-state index contributed by atoms with van der Waals surface area (Å²) >= 11 is 0. The summed E-state index contributed by atoms with van der Waals surface area (Å²) in [6.45, 7) is 5.75. The normalized spacial score (nSPS) is 20.8. The SMILES string of the molecule is Cc1ccc(OCC(=O)N2CCCC(CCC(=O)N(C)C3CCN(C)CC3)C2)cc1. The lowest BCUT2D eigenvalue weighted by Crippen LogP contribution is -2.45. The van der Waals surface area contributed by atoms with Crippen molar-refractivity contribution in [2.24, 2.45) is 5.92 Å². The average Bonchev–Trinajstić information content (AvgIpc) is 2.77. The molecule has 1 unspecified atom stereocenters. The van der Waals surface area contributed by atoms with Crippen molar-refractivity contribution in [2.45, 2.75) is 51.5 Å². The van der Waals surface area contributed by atoms with Gasteiger partial charge < -0.3 is 19.4 Å². The van der Waals surface area contributed by atoms with Crippen LogP contribution < -0.4 is 4.74 Å². The Morgan fingerprint density at radius 2 is 1.80 bits per heavy atom. The number of rotatable bonds is 7. The van der Waals surface area contributed by atoms with Crippen molar-refractivity contribution in [3.05, 3.63) is 29.8 Å². The minimum Gasteiger partial charge on any atom is -0.484 e. The number of nitrogens with zero attached hydrogens (tertiary/aromatic N) is 3. The van der Waals surface area contributed by atoms with Crippen LogP contribution in [-0.4, -0.2) is 79.4 Å². The third-order valence-corrected chi connectivity index (χ3v) is 6.65. The van der Waals surface area contributed by atoms with Crippen LogP contribution in [0.25, 0.3) is 0 Å². The summed E-state index contributed by atoms with van der Waals surface area (Å²) in [7, 11) is 4.09. The molecule has 2 amide bonds. The maximum atomic E-state index is 12.7. The van der Waals surface area contributed by atoms with E-state index in [1.807, 2.05) is 48.0 Å². The Morgan fingerprint density at radius 1 is 1.10 bits per heavy atom. The van der Waals surface area contributed by atoms with Gasteiger partial charge in [0, 0.05) is 32.6 Å². The minimum absolute atomic E-state index is 0.0371. The van der Waals surface area contributed by atoms with Gasteiger partial charge in [0.1, 0.15) is 5.75 Å². The van der Waals surface area contributed by atoms with Gasteiger partial charge in [0.25, 0.3) is 5.91 Å². The van der Waals surface area contributed by atoms with Crippen molar-refractivity contribution in [2.75, 3.05) is 46.9 Å². The Hall–Kier alpha value is -2.08. The van der Waals surface area contributed by atoms with E-state index in [1.54, 1.807) is 0 Å². The number of hydrogen-bond acceptors (Lipinski definition) is 4. The molecule has 0 saturated carbocycles. The van der Waals surface area contributed by atoms with Gasteiger partial charge in [-0.2, -0.15) is 0 Å². The molecule has 0 aromatic heterocycles. The zero-order chi connectivity index (χ0) is 21.5. The van der Waals surface area contributed by atoms with Crippen LogP contribution in [0.3, 0.4) is 0 Å². The number of ether oxygens (including phenoxy) is 1. The molecule has 3 rings (SSSR count). The summed E-state index contributed by atoms with van der Waals surface area (Å²) in [5.41, 5.74) is 1.17. The van der Waals surface area contributed by atoms with Gasteiger partial charge in [-0.15, -0.1) is 0 Å². The lowest BCUT2D eigenvalue weighted by atomic mass is 9.93. The highest BCUT2D eigenvalue weighted by Crippen LogP contribution is 2.23. The Bertz CT molecular complexity index is 698. The van der Waals surface area contributed by atoms with Crippen molar-refractivity contribution in [1.82, 2.24) is 14.7 Å². The van der Waals surface area contributed by atoms with Crippen LogP contribution >= 0.6 is 0 Å². The van der Waals surface area contributed by atoms with Gasteiger partial charge >= 0.3 is 0 Å². The lowest BCUT2D eigenvalue weighted by Gasteiger charge is -2.36. The molecule has 2 heterocycles. The average molecular weight is 416 g/mol. The Labute approximate surface area is 181 Å². The van der Waals surface area contributed by atoms with E-state index in [1.165, 1.54) is 5.56 Å². The predicted molar refractivity (Wildman–Crippen MR) is 119 cm³/mol. The Morgan fingerprint density at radius 3 is 2.50 bits per heavy atom. The van der Waals surface area contributed by atoms with Gasteiger partial charge in [-0.3, -0.25) is 9.59 Å². The van der Waals surface area contributed by atoms with Crippen LogP contribution in [0.2, 0.25) is 0 Å². The summed E-state index contributed by atoms with van der Waals surface area (Å²) in [5.74, 6) is 1.41. The minimum atomic E-state index is 0.0371. The van der Waals surface area contributed by atoms with E-state index >= 15 is 0 Å². The summed E-state index contributed by atoms with van der Waals surface area (Å²) in [6.07, 6.45) is 5.65. The van der Waals surface area contributed by atoms with Gasteiger partial charge in [0.15, 0.2) is 6.61 Å². The van der Waals surface area contributed by atoms with Crippen LogP contribution in [-0.2, 0) is 9.59 Å². The topological polar surface area (TPSA) is 53.1 Å². The summed E-state index contributed by atoms with van der Waals surface area (Å²) in [6, 6.07) is 8.13. The summed E-state index contributed by atoms with van der Waals surface area (Å²) in [4.78, 5) is 31.5. The monoisotopic (exact) mass is 415 g/mol. The fourth-order valence-corrected chi connectivity index (χ4v) is 4.49. The van der Waals surface area contributed by atoms with E-state index in [0.717, 1.165) is 64.0 Å². The molecule has 1 aromatic rings. The zero-order valence-corrected chi connectivity index (χ0v) is 18.8. The molecule has 1 atom stereocenters. The molecular weight excluding hydrogens is 378 g/mol. The fraction of sp³-hybridized carbons (Fsp3) is 0.667. The molecule has 2 aliphatic heterocycles. The van der Waals surface area contributed by atoms with Crippen molar-refractivity contribution in [3.63, 3.8) is 0 Å². The number of benzene rings is 1. The first-order chi connectivity index (χ1) is 14.4. The quantitative estimate of drug-likeness (QED) is 0.687. The van der Waals surface area contributed by atoms with Crippen LogP contribution in [0.15, 0.2) is 24.3 Å². The largest absolute Gasteiger partial charge is 0.484 e. The first kappa shape index (κ1) is 22.6. The number of amides is 2. The molecule has 2 aliphatic rings. The highest BCUT2D eigenvalue weighted by molar-refractivity contribution is 5.78. The molecule has 6 nitrogen and oxygen atoms in total. The van der Waals surface area contributed by atoms with Crippen molar-refractivity contribution >= 4 is 11.8 Å². The third kappa shape index (κ3) is 6.46. The number of hydrogen-bond donors (Lipinski definition) is 0. The first-order valence-electron chi connectivity index (χ1n) is 11.3. The molecule has 6 heteroatoms. The third-order valence-electron chi connectivity index (χ3n) is 6.65. The van der Waals surface area contributed by atoms with E-state index in [2.05, 4.69) is 11.9 Å². The molecule has 166 valence electrons. The van der Waals surface area contributed by atoms with Gasteiger partial charge in [-0.25, -0.2) is 0 Å². The van der Waals surface area contributed by atoms with Crippen LogP contribution in [0.1, 0.15) is 44.1 Å². The highest BCUT2D eigenvalue weighted by atomic mass is 16.5. The number of piperidine rings is 2. The number of aryl methyl sites for hydroxylation is 1. The van der Waals surface area contributed by atoms with E-state index in [-0.39, 0.29) is 18.4 Å². The zero-order valence-electron chi connectivity index (χ0n) is 18.8. The highest BCUT2D eigenvalue weighted by Gasteiger charge is 2.27. The maximum absolute atomic E-state index is 12.7. The number of carbonyl (C=O) groups is 2. The molecule has 0 radical (unpaired) electrons. The fourth-order valence-electron chi connectivity index (χ4n) is 4.49. The van der Waals surface area contributed by atoms with Gasteiger partial charge in [-0.05, 0) is 77.2 Å². The molecule has 0 aliphatic carbocycles. The van der Waals surface area contributed by atoms with Crippen molar-refractivity contribution in [3.8, 4) is 5.75 Å². The second-order valence-corrected chi connectivity index (χ2v) is 9.03. The van der Waals surface area contributed by atoms with Crippen LogP contribution in [0.5, 0.6) is 5.75 Å². The standard InChI is InChI=1S/C24H37N3O3/c1-19-6-9-22(10-7-19)30-18-24(29)27-14-4-5-20(17-27)8-11-23(28)26(3)21-12-15-25(2)16-13-21/h6-7,9-10,20-21H,4-5,8,11-18H2,1-3H3. The maximum Gasteiger partial charge on any atom is 0.260 e. The Kier molecular flexibility index (Phi) is 8.14.